The first kappa shape index (κ1) is 12.8. The van der Waals surface area contributed by atoms with E-state index < -0.39 is 4.92 Å². The van der Waals surface area contributed by atoms with E-state index in [1.165, 1.54) is 6.07 Å². The van der Waals surface area contributed by atoms with E-state index in [0.29, 0.717) is 10.9 Å². The molecule has 1 unspecified atom stereocenters. The average molecular weight is 241 g/mol. The molecule has 1 rings (SSSR count). The van der Waals surface area contributed by atoms with Gasteiger partial charge in [0.1, 0.15) is 0 Å². The van der Waals surface area contributed by atoms with Crippen molar-refractivity contribution in [3.63, 3.8) is 0 Å². The number of thioether (sulfide) groups is 1. The van der Waals surface area contributed by atoms with Gasteiger partial charge in [-0.2, -0.15) is 0 Å². The molecule has 6 heteroatoms. The number of hydrogen-bond donors (Lipinski definition) is 2. The third-order valence-electron chi connectivity index (χ3n) is 2.18. The topological polar surface area (TPSA) is 81.2 Å². The number of hydrogen-bond acceptors (Lipinski definition) is 5. The predicted octanol–water partition coefficient (Wildman–Crippen LogP) is 2.77. The maximum atomic E-state index is 10.7. The summed E-state index contributed by atoms with van der Waals surface area (Å²) >= 11 is 1.60. The molecule has 5 nitrogen and oxygen atoms in total. The van der Waals surface area contributed by atoms with Crippen LogP contribution in [0.5, 0.6) is 0 Å². The molecule has 1 atom stereocenters. The van der Waals surface area contributed by atoms with Crippen LogP contribution in [0.25, 0.3) is 0 Å². The molecule has 3 N–H and O–H groups in total. The highest BCUT2D eigenvalue weighted by molar-refractivity contribution is 8.00. The van der Waals surface area contributed by atoms with E-state index in [2.05, 4.69) is 19.3 Å². The Bertz CT molecular complexity index is 384. The molecule has 0 saturated heterocycles. The second-order valence-electron chi connectivity index (χ2n) is 3.45. The minimum absolute atomic E-state index is 0.0567. The summed E-state index contributed by atoms with van der Waals surface area (Å²) in [5.41, 5.74) is 3.05. The Morgan fingerprint density at radius 2 is 2.25 bits per heavy atom. The fourth-order valence-corrected chi connectivity index (χ4v) is 2.17. The number of benzene rings is 1. The summed E-state index contributed by atoms with van der Waals surface area (Å²) < 4.78 is 0. The fraction of sp³-hybridized carbons (Fsp3) is 0.400. The van der Waals surface area contributed by atoms with Crippen LogP contribution in [0.4, 0.5) is 11.4 Å². The lowest BCUT2D eigenvalue weighted by Crippen LogP contribution is -2.07. The van der Waals surface area contributed by atoms with Gasteiger partial charge in [0.15, 0.2) is 0 Å². The van der Waals surface area contributed by atoms with Crippen LogP contribution < -0.4 is 11.3 Å². The van der Waals surface area contributed by atoms with Crippen molar-refractivity contribution >= 4 is 23.1 Å². The summed E-state index contributed by atoms with van der Waals surface area (Å²) in [6.07, 6.45) is 1.01. The molecule has 0 aliphatic carbocycles. The fourth-order valence-electron chi connectivity index (χ4n) is 1.16. The normalized spacial score (nSPS) is 12.2. The Kier molecular flexibility index (Phi) is 4.57. The highest BCUT2D eigenvalue weighted by Crippen LogP contribution is 2.31. The van der Waals surface area contributed by atoms with Crippen molar-refractivity contribution in [3.05, 3.63) is 28.3 Å². The molecule has 0 aliphatic heterocycles. The second-order valence-corrected chi connectivity index (χ2v) is 4.97. The third kappa shape index (κ3) is 3.39. The Morgan fingerprint density at radius 3 is 2.75 bits per heavy atom. The van der Waals surface area contributed by atoms with Gasteiger partial charge in [-0.1, -0.05) is 13.8 Å². The molecule has 16 heavy (non-hydrogen) atoms. The quantitative estimate of drug-likeness (QED) is 0.358. The van der Waals surface area contributed by atoms with Gasteiger partial charge in [-0.3, -0.25) is 16.0 Å². The van der Waals surface area contributed by atoms with Crippen LogP contribution in [-0.4, -0.2) is 10.2 Å². The summed E-state index contributed by atoms with van der Waals surface area (Å²) in [6.45, 7) is 4.16. The first-order chi connectivity index (χ1) is 7.56. The average Bonchev–Trinajstić information content (AvgIpc) is 2.28. The van der Waals surface area contributed by atoms with Crippen molar-refractivity contribution in [2.45, 2.75) is 30.4 Å². The second kappa shape index (κ2) is 5.72. The molecular formula is C10H15N3O2S. The van der Waals surface area contributed by atoms with Gasteiger partial charge in [-0.05, 0) is 12.5 Å². The first-order valence-electron chi connectivity index (χ1n) is 4.99. The molecule has 0 heterocycles. The van der Waals surface area contributed by atoms with Crippen LogP contribution >= 0.6 is 11.8 Å². The Morgan fingerprint density at radius 1 is 1.56 bits per heavy atom. The lowest BCUT2D eigenvalue weighted by molar-refractivity contribution is -0.385. The van der Waals surface area contributed by atoms with E-state index in [4.69, 9.17) is 5.84 Å². The van der Waals surface area contributed by atoms with Gasteiger partial charge < -0.3 is 5.43 Å². The zero-order chi connectivity index (χ0) is 12.1. The highest BCUT2D eigenvalue weighted by atomic mass is 32.2. The van der Waals surface area contributed by atoms with Gasteiger partial charge in [-0.25, -0.2) is 0 Å². The first-order valence-corrected chi connectivity index (χ1v) is 5.87. The molecular weight excluding hydrogens is 226 g/mol. The van der Waals surface area contributed by atoms with Gasteiger partial charge in [0.2, 0.25) is 0 Å². The minimum Gasteiger partial charge on any atom is -0.324 e. The maximum Gasteiger partial charge on any atom is 0.272 e. The number of nitrogen functional groups attached to an aromatic ring is 1. The Hall–Kier alpha value is -1.27. The number of anilines is 1. The van der Waals surface area contributed by atoms with Crippen molar-refractivity contribution in [2.24, 2.45) is 5.84 Å². The molecule has 0 aliphatic rings. The number of nitro benzene ring substituents is 1. The number of nitrogens with zero attached hydrogens (tertiary/aromatic N) is 1. The molecule has 1 aromatic rings. The number of hydrazine groups is 1. The van der Waals surface area contributed by atoms with Crippen molar-refractivity contribution < 1.29 is 4.92 Å². The zero-order valence-electron chi connectivity index (χ0n) is 9.27. The minimum atomic E-state index is -0.415. The van der Waals surface area contributed by atoms with Gasteiger partial charge in [-0.15, -0.1) is 11.8 Å². The van der Waals surface area contributed by atoms with E-state index in [0.717, 1.165) is 11.3 Å². The van der Waals surface area contributed by atoms with Crippen LogP contribution in [-0.2, 0) is 0 Å². The summed E-state index contributed by atoms with van der Waals surface area (Å²) in [7, 11) is 0. The Labute approximate surface area is 98.5 Å². The molecule has 0 saturated carbocycles. The lowest BCUT2D eigenvalue weighted by Gasteiger charge is -2.09. The van der Waals surface area contributed by atoms with Gasteiger partial charge in [0, 0.05) is 22.3 Å². The number of non-ortho nitro benzene ring substituents is 1. The van der Waals surface area contributed by atoms with Crippen molar-refractivity contribution in [1.29, 1.82) is 0 Å². The molecule has 0 amide bonds. The summed E-state index contributed by atoms with van der Waals surface area (Å²) in [5, 5.41) is 11.1. The van der Waals surface area contributed by atoms with E-state index in [-0.39, 0.29) is 5.69 Å². The number of nitrogens with one attached hydrogen (secondary N) is 1. The van der Waals surface area contributed by atoms with E-state index in [1.54, 1.807) is 17.8 Å². The van der Waals surface area contributed by atoms with Crippen molar-refractivity contribution in [3.8, 4) is 0 Å². The number of rotatable bonds is 5. The molecule has 0 fully saturated rings. The van der Waals surface area contributed by atoms with Crippen LogP contribution in [0.1, 0.15) is 20.3 Å². The third-order valence-corrected chi connectivity index (χ3v) is 3.42. The maximum absolute atomic E-state index is 10.7. The van der Waals surface area contributed by atoms with Crippen molar-refractivity contribution in [2.75, 3.05) is 5.43 Å². The van der Waals surface area contributed by atoms with Crippen LogP contribution in [0.3, 0.4) is 0 Å². The molecule has 88 valence electrons. The van der Waals surface area contributed by atoms with Gasteiger partial charge >= 0.3 is 0 Å². The summed E-state index contributed by atoms with van der Waals surface area (Å²) in [6, 6.07) is 4.79. The SMILES string of the molecule is CCC(C)Sc1cc(NN)cc([N+](=O)[O-])c1. The van der Waals surface area contributed by atoms with Crippen LogP contribution in [0, 0.1) is 10.1 Å². The number of nitro groups is 1. The molecule has 0 spiro atoms. The predicted molar refractivity (Wildman–Crippen MR) is 66.5 cm³/mol. The summed E-state index contributed by atoms with van der Waals surface area (Å²) in [5.74, 6) is 5.27. The molecule has 1 aromatic carbocycles. The molecule has 0 aromatic heterocycles. The largest absolute Gasteiger partial charge is 0.324 e. The monoisotopic (exact) mass is 241 g/mol. The highest BCUT2D eigenvalue weighted by Gasteiger charge is 2.11. The van der Waals surface area contributed by atoms with Gasteiger partial charge in [0.25, 0.3) is 5.69 Å². The standard InChI is InChI=1S/C10H15N3O2S/c1-3-7(2)16-10-5-8(12-11)4-9(6-10)13(14)15/h4-7,12H,3,11H2,1-2H3. The number of nitrogens with two attached hydrogens (primary N) is 1. The summed E-state index contributed by atoms with van der Waals surface area (Å²) in [4.78, 5) is 11.1. The van der Waals surface area contributed by atoms with E-state index in [1.807, 2.05) is 6.07 Å². The van der Waals surface area contributed by atoms with E-state index >= 15 is 0 Å². The molecule has 0 radical (unpaired) electrons. The van der Waals surface area contributed by atoms with E-state index in [9.17, 15) is 10.1 Å². The zero-order valence-corrected chi connectivity index (χ0v) is 10.1. The lowest BCUT2D eigenvalue weighted by atomic mass is 10.3. The van der Waals surface area contributed by atoms with Crippen LogP contribution in [0.15, 0.2) is 23.1 Å². The Balaban J connectivity index is 2.99. The van der Waals surface area contributed by atoms with Crippen LogP contribution in [0.2, 0.25) is 0 Å². The van der Waals surface area contributed by atoms with Gasteiger partial charge in [0.05, 0.1) is 10.6 Å². The van der Waals surface area contributed by atoms with Crippen molar-refractivity contribution in [1.82, 2.24) is 0 Å². The smallest absolute Gasteiger partial charge is 0.272 e. The molecule has 0 bridgehead atoms.